The maximum Gasteiger partial charge on any atom is 0.199 e. The van der Waals surface area contributed by atoms with Crippen molar-refractivity contribution in [1.29, 1.82) is 0 Å². The maximum atomic E-state index is 12.1. The summed E-state index contributed by atoms with van der Waals surface area (Å²) in [4.78, 5) is 19.9. The van der Waals surface area contributed by atoms with E-state index < -0.39 is 6.04 Å². The lowest BCUT2D eigenvalue weighted by molar-refractivity contribution is -0.108. The van der Waals surface area contributed by atoms with Crippen molar-refractivity contribution >= 4 is 29.1 Å². The fraction of sp³-hybridized carbons (Fsp3) is 0.474. The Morgan fingerprint density at radius 3 is 2.86 bits per heavy atom. The number of fused-ring (bicyclic) bond motifs is 1. The third-order valence-corrected chi connectivity index (χ3v) is 4.67. The highest BCUT2D eigenvalue weighted by atomic mass is 32.2. The average molecular weight is 428 g/mol. The van der Waals surface area contributed by atoms with Crippen LogP contribution in [-0.4, -0.2) is 66.0 Å². The number of likely N-dealkylation sites (N-methyl/N-ethyl adjacent to an activating group) is 1. The van der Waals surface area contributed by atoms with Gasteiger partial charge in [-0.25, -0.2) is 0 Å². The van der Waals surface area contributed by atoms with Crippen molar-refractivity contribution in [2.24, 2.45) is 11.5 Å². The van der Waals surface area contributed by atoms with Crippen LogP contribution in [-0.2, 0) is 4.79 Å². The summed E-state index contributed by atoms with van der Waals surface area (Å²) in [5, 5.41) is 4.68. The number of aromatic nitrogens is 1. The first kappa shape index (κ1) is 25.2. The molecular formula is C19H30FN5O3S. The minimum absolute atomic E-state index is 0.0136. The first-order chi connectivity index (χ1) is 14.0. The van der Waals surface area contributed by atoms with Gasteiger partial charge in [-0.15, -0.1) is 0 Å². The molecule has 1 aromatic heterocycles. The summed E-state index contributed by atoms with van der Waals surface area (Å²) in [5.74, 6) is 0.0136. The van der Waals surface area contributed by atoms with E-state index in [0.717, 1.165) is 5.39 Å². The Morgan fingerprint density at radius 1 is 1.52 bits per heavy atom. The number of hydrogen-bond acceptors (Lipinski definition) is 9. The van der Waals surface area contributed by atoms with Gasteiger partial charge in [-0.05, 0) is 39.5 Å². The molecule has 6 N–H and O–H groups in total. The Bertz CT molecular complexity index is 691. The van der Waals surface area contributed by atoms with E-state index in [0.29, 0.717) is 34.7 Å². The molecule has 1 aliphatic heterocycles. The van der Waals surface area contributed by atoms with Crippen molar-refractivity contribution in [2.45, 2.75) is 30.3 Å². The van der Waals surface area contributed by atoms with Gasteiger partial charge in [0.05, 0.1) is 12.2 Å². The van der Waals surface area contributed by atoms with Crippen molar-refractivity contribution in [3.63, 3.8) is 0 Å². The van der Waals surface area contributed by atoms with Gasteiger partial charge in [-0.1, -0.05) is 12.1 Å². The Kier molecular flexibility index (Phi) is 12.4. The molecule has 8 nitrogen and oxygen atoms in total. The lowest BCUT2D eigenvalue weighted by Gasteiger charge is -2.15. The molecule has 0 radical (unpaired) electrons. The Hall–Kier alpha value is -1.82. The van der Waals surface area contributed by atoms with Gasteiger partial charge in [0.2, 0.25) is 0 Å². The van der Waals surface area contributed by atoms with Crippen LogP contribution in [0, 0.1) is 0 Å². The van der Waals surface area contributed by atoms with E-state index >= 15 is 0 Å². The zero-order valence-electron chi connectivity index (χ0n) is 16.8. The van der Waals surface area contributed by atoms with Crippen LogP contribution in [0.2, 0.25) is 0 Å². The molecular weight excluding hydrogens is 397 g/mol. The quantitative estimate of drug-likeness (QED) is 0.427. The molecule has 162 valence electrons. The van der Waals surface area contributed by atoms with E-state index in [2.05, 4.69) is 34.1 Å². The molecule has 0 bridgehead atoms. The average Bonchev–Trinajstić information content (AvgIpc) is 2.95. The topological polar surface area (TPSA) is 127 Å². The van der Waals surface area contributed by atoms with Crippen LogP contribution in [0.25, 0.3) is 10.8 Å². The van der Waals surface area contributed by atoms with Gasteiger partial charge in [0, 0.05) is 57.6 Å². The number of nitrogens with one attached hydrogen (secondary N) is 1. The van der Waals surface area contributed by atoms with Crippen molar-refractivity contribution in [3.8, 4) is 5.75 Å². The second kappa shape index (κ2) is 14.2. The highest BCUT2D eigenvalue weighted by Gasteiger charge is 2.09. The molecule has 2 unspecified atom stereocenters. The molecule has 2 aromatic rings. The smallest absolute Gasteiger partial charge is 0.199 e. The van der Waals surface area contributed by atoms with Gasteiger partial charge >= 0.3 is 0 Å². The molecule has 10 heteroatoms. The highest BCUT2D eigenvalue weighted by molar-refractivity contribution is 7.94. The molecule has 1 fully saturated rings. The van der Waals surface area contributed by atoms with Gasteiger partial charge in [0.25, 0.3) is 0 Å². The van der Waals surface area contributed by atoms with Gasteiger partial charge in [0.1, 0.15) is 6.29 Å². The molecule has 0 aliphatic carbocycles. The number of carbonyl (C=O) groups excluding carboxylic acids is 1. The summed E-state index contributed by atoms with van der Waals surface area (Å²) in [5.41, 5.74) is 9.91. The minimum atomic E-state index is -0.468. The van der Waals surface area contributed by atoms with Crippen LogP contribution in [0.15, 0.2) is 35.5 Å². The minimum Gasteiger partial charge on any atom is -0.329 e. The van der Waals surface area contributed by atoms with Crippen LogP contribution >= 0.6 is 12.0 Å². The zero-order valence-corrected chi connectivity index (χ0v) is 17.6. The van der Waals surface area contributed by atoms with Crippen molar-refractivity contribution < 1.29 is 18.8 Å². The number of benzene rings is 1. The summed E-state index contributed by atoms with van der Waals surface area (Å²) in [6.07, 6.45) is 4.76. The summed E-state index contributed by atoms with van der Waals surface area (Å²) in [7, 11) is 2.18. The van der Waals surface area contributed by atoms with Crippen LogP contribution in [0.5, 0.6) is 5.75 Å². The van der Waals surface area contributed by atoms with E-state index in [4.69, 9.17) is 16.0 Å². The van der Waals surface area contributed by atoms with Gasteiger partial charge in [0.15, 0.2) is 5.75 Å². The first-order valence-corrected chi connectivity index (χ1v) is 10.0. The molecule has 2 heterocycles. The number of halogens is 1. The van der Waals surface area contributed by atoms with Crippen LogP contribution < -0.4 is 21.7 Å². The zero-order chi connectivity index (χ0) is 21.6. The van der Waals surface area contributed by atoms with Crippen molar-refractivity contribution in [1.82, 2.24) is 15.2 Å². The number of pyridine rings is 1. The van der Waals surface area contributed by atoms with E-state index in [1.165, 1.54) is 32.3 Å². The SMILES string of the molecule is CC1CN(C)CCCN1.NCC(N)C=O.OSc1cccc2cncc(OF)c12. The van der Waals surface area contributed by atoms with Gasteiger partial charge in [-0.3, -0.25) is 9.93 Å². The highest BCUT2D eigenvalue weighted by Crippen LogP contribution is 2.32. The predicted molar refractivity (Wildman–Crippen MR) is 115 cm³/mol. The summed E-state index contributed by atoms with van der Waals surface area (Å²) in [6, 6.07) is 5.41. The number of carbonyl (C=O) groups is 1. The molecule has 0 spiro atoms. The van der Waals surface area contributed by atoms with Crippen molar-refractivity contribution in [2.75, 3.05) is 33.2 Å². The summed E-state index contributed by atoms with van der Waals surface area (Å²) in [6.45, 7) is 6.11. The monoisotopic (exact) mass is 427 g/mol. The Labute approximate surface area is 174 Å². The number of rotatable bonds is 4. The second-order valence-electron chi connectivity index (χ2n) is 6.67. The van der Waals surface area contributed by atoms with Crippen molar-refractivity contribution in [3.05, 3.63) is 30.6 Å². The van der Waals surface area contributed by atoms with E-state index in [9.17, 15) is 9.32 Å². The number of nitrogens with zero attached hydrogens (tertiary/aromatic N) is 2. The van der Waals surface area contributed by atoms with E-state index in [1.807, 2.05) is 0 Å². The number of hydrogen-bond donors (Lipinski definition) is 4. The van der Waals surface area contributed by atoms with Crippen LogP contribution in [0.3, 0.4) is 0 Å². The molecule has 3 rings (SSSR count). The Balaban J connectivity index is 0.000000242. The number of aldehydes is 1. The molecule has 0 saturated carbocycles. The van der Waals surface area contributed by atoms with E-state index in [1.54, 1.807) is 24.4 Å². The van der Waals surface area contributed by atoms with Crippen LogP contribution in [0.1, 0.15) is 13.3 Å². The predicted octanol–water partition coefficient (Wildman–Crippen LogP) is 1.83. The standard InChI is InChI=1S/C9H6FNO2S.C7H16N2.C3H8N2O/c10-13-7-5-11-4-6-2-1-3-8(14-12)9(6)7;1-7-6-9(2)5-3-4-8-7;4-1-3(5)2-6/h1-5,12H;7-8H,3-6H2,1-2H3;2-3H,1,4-5H2. The molecule has 1 aliphatic rings. The molecule has 1 aromatic carbocycles. The molecule has 1 saturated heterocycles. The molecule has 29 heavy (non-hydrogen) atoms. The Morgan fingerprint density at radius 2 is 2.28 bits per heavy atom. The fourth-order valence-electron chi connectivity index (χ4n) is 2.68. The maximum absolute atomic E-state index is 12.1. The third-order valence-electron chi connectivity index (χ3n) is 4.13. The van der Waals surface area contributed by atoms with Crippen LogP contribution in [0.4, 0.5) is 4.53 Å². The first-order valence-electron chi connectivity index (χ1n) is 9.26. The summed E-state index contributed by atoms with van der Waals surface area (Å²) >= 11 is 0.553. The van der Waals surface area contributed by atoms with E-state index in [-0.39, 0.29) is 12.3 Å². The lowest BCUT2D eigenvalue weighted by atomic mass is 10.2. The lowest BCUT2D eigenvalue weighted by Crippen LogP contribution is -2.33. The normalized spacial score (nSPS) is 17.8. The fourth-order valence-corrected chi connectivity index (χ4v) is 3.13. The molecule has 2 atom stereocenters. The molecule has 0 amide bonds. The van der Waals surface area contributed by atoms with Gasteiger partial charge < -0.3 is 31.0 Å². The third kappa shape index (κ3) is 9.03. The summed E-state index contributed by atoms with van der Waals surface area (Å²) < 4.78 is 21.1. The number of nitrogens with two attached hydrogens (primary N) is 2. The largest absolute Gasteiger partial charge is 0.329 e. The van der Waals surface area contributed by atoms with Gasteiger partial charge in [-0.2, -0.15) is 0 Å². The second-order valence-corrected chi connectivity index (χ2v) is 7.29.